The van der Waals surface area contributed by atoms with Crippen LogP contribution in [0.2, 0.25) is 5.02 Å². The molecule has 1 atom stereocenters. The second-order valence-electron chi connectivity index (χ2n) is 4.53. The Morgan fingerprint density at radius 2 is 1.84 bits per heavy atom. The molecule has 0 heterocycles. The van der Waals surface area contributed by atoms with Crippen LogP contribution in [-0.2, 0) is 0 Å². The first-order valence-electron chi connectivity index (χ1n) is 5.80. The van der Waals surface area contributed by atoms with Gasteiger partial charge < -0.3 is 5.11 Å². The van der Waals surface area contributed by atoms with E-state index in [1.54, 1.807) is 0 Å². The molecule has 2 aromatic carbocycles. The lowest BCUT2D eigenvalue weighted by atomic mass is 9.96. The topological polar surface area (TPSA) is 20.2 Å². The second kappa shape index (κ2) is 6.12. The second-order valence-corrected chi connectivity index (χ2v) is 6.96. The van der Waals surface area contributed by atoms with Crippen molar-refractivity contribution in [2.75, 3.05) is 0 Å². The van der Waals surface area contributed by atoms with Gasteiger partial charge >= 0.3 is 0 Å². The molecule has 1 nitrogen and oxygen atoms in total. The Balaban J connectivity index is 2.46. The summed E-state index contributed by atoms with van der Waals surface area (Å²) in [5.74, 6) is 0. The van der Waals surface area contributed by atoms with Gasteiger partial charge in [0.1, 0.15) is 6.10 Å². The lowest BCUT2D eigenvalue weighted by Crippen LogP contribution is -2.03. The minimum atomic E-state index is -0.652. The zero-order valence-corrected chi connectivity index (χ0v) is 15.0. The molecule has 0 saturated heterocycles. The summed E-state index contributed by atoms with van der Waals surface area (Å²) in [6.07, 6.45) is -0.652. The van der Waals surface area contributed by atoms with Gasteiger partial charge in [-0.3, -0.25) is 0 Å². The molecule has 2 aromatic rings. The van der Waals surface area contributed by atoms with Gasteiger partial charge in [-0.1, -0.05) is 39.7 Å². The average molecular weight is 452 g/mol. The molecule has 19 heavy (non-hydrogen) atoms. The monoisotopic (exact) mass is 450 g/mol. The number of aryl methyl sites for hydroxylation is 2. The quantitative estimate of drug-likeness (QED) is 0.606. The van der Waals surface area contributed by atoms with E-state index >= 15 is 0 Å². The lowest BCUT2D eigenvalue weighted by molar-refractivity contribution is 0.219. The summed E-state index contributed by atoms with van der Waals surface area (Å²) in [5.41, 5.74) is 3.89. The number of rotatable bonds is 2. The molecular weight excluding hydrogens is 438 g/mol. The summed E-state index contributed by atoms with van der Waals surface area (Å²) in [6.45, 7) is 4.01. The zero-order chi connectivity index (χ0) is 14.2. The van der Waals surface area contributed by atoms with Crippen LogP contribution in [0.25, 0.3) is 0 Å². The molecule has 0 aliphatic carbocycles. The molecule has 0 bridgehead atoms. The molecule has 0 aliphatic rings. The molecular formula is C15H13BrClIO. The van der Waals surface area contributed by atoms with Gasteiger partial charge in [-0.05, 0) is 76.9 Å². The first-order valence-corrected chi connectivity index (χ1v) is 8.04. The maximum absolute atomic E-state index is 10.5. The Bertz CT molecular complexity index is 628. The maximum atomic E-state index is 10.5. The average Bonchev–Trinajstić information content (AvgIpc) is 2.36. The molecule has 0 aromatic heterocycles. The van der Waals surface area contributed by atoms with Crippen LogP contribution in [0.15, 0.2) is 34.8 Å². The van der Waals surface area contributed by atoms with Crippen LogP contribution in [-0.4, -0.2) is 5.11 Å². The standard InChI is InChI=1S/C15H13BrClIO/c1-8-6-12(16)9(2)5-11(8)15(19)10-3-4-14(18)13(17)7-10/h3-7,15,19H,1-2H3. The first-order chi connectivity index (χ1) is 8.90. The summed E-state index contributed by atoms with van der Waals surface area (Å²) >= 11 is 11.8. The van der Waals surface area contributed by atoms with Gasteiger partial charge in [0.15, 0.2) is 0 Å². The summed E-state index contributed by atoms with van der Waals surface area (Å²) in [5, 5.41) is 11.2. The van der Waals surface area contributed by atoms with Crippen LogP contribution in [0.5, 0.6) is 0 Å². The van der Waals surface area contributed by atoms with Crippen molar-refractivity contribution in [1.82, 2.24) is 0 Å². The van der Waals surface area contributed by atoms with E-state index < -0.39 is 6.10 Å². The Labute approximate surface area is 140 Å². The number of benzene rings is 2. The fraction of sp³-hybridized carbons (Fsp3) is 0.200. The minimum absolute atomic E-state index is 0.652. The number of hydrogen-bond acceptors (Lipinski definition) is 1. The number of halogens is 3. The van der Waals surface area contributed by atoms with Gasteiger partial charge in [-0.15, -0.1) is 0 Å². The Morgan fingerprint density at radius 3 is 2.47 bits per heavy atom. The molecule has 0 radical (unpaired) electrons. The van der Waals surface area contributed by atoms with E-state index in [2.05, 4.69) is 38.5 Å². The predicted octanol–water partition coefficient (Wildman–Crippen LogP) is 5.41. The number of hydrogen-bond donors (Lipinski definition) is 1. The highest BCUT2D eigenvalue weighted by atomic mass is 127. The van der Waals surface area contributed by atoms with Crippen LogP contribution < -0.4 is 0 Å². The van der Waals surface area contributed by atoms with Gasteiger partial charge in [-0.25, -0.2) is 0 Å². The highest BCUT2D eigenvalue weighted by molar-refractivity contribution is 14.1. The third kappa shape index (κ3) is 3.32. The zero-order valence-electron chi connectivity index (χ0n) is 10.5. The van der Waals surface area contributed by atoms with E-state index in [0.29, 0.717) is 5.02 Å². The summed E-state index contributed by atoms with van der Waals surface area (Å²) in [4.78, 5) is 0. The van der Waals surface area contributed by atoms with E-state index in [9.17, 15) is 5.11 Å². The van der Waals surface area contributed by atoms with Gasteiger partial charge in [0.05, 0.1) is 5.02 Å². The van der Waals surface area contributed by atoms with E-state index in [0.717, 1.165) is 30.3 Å². The van der Waals surface area contributed by atoms with Crippen molar-refractivity contribution >= 4 is 50.1 Å². The smallest absolute Gasteiger partial charge is 0.104 e. The third-order valence-corrected chi connectivity index (χ3v) is 5.53. The van der Waals surface area contributed by atoms with Crippen LogP contribution >= 0.6 is 50.1 Å². The summed E-state index contributed by atoms with van der Waals surface area (Å²) < 4.78 is 2.04. The summed E-state index contributed by atoms with van der Waals surface area (Å²) in [6, 6.07) is 9.70. The van der Waals surface area contributed by atoms with E-state index in [1.165, 1.54) is 0 Å². The van der Waals surface area contributed by atoms with Crippen molar-refractivity contribution in [3.63, 3.8) is 0 Å². The highest BCUT2D eigenvalue weighted by Gasteiger charge is 2.15. The van der Waals surface area contributed by atoms with Crippen molar-refractivity contribution in [3.05, 3.63) is 65.7 Å². The van der Waals surface area contributed by atoms with Crippen LogP contribution in [0.4, 0.5) is 0 Å². The van der Waals surface area contributed by atoms with Gasteiger partial charge in [0, 0.05) is 8.04 Å². The van der Waals surface area contributed by atoms with Crippen molar-refractivity contribution in [2.24, 2.45) is 0 Å². The molecule has 0 amide bonds. The Morgan fingerprint density at radius 1 is 1.16 bits per heavy atom. The molecule has 100 valence electrons. The molecule has 0 aliphatic heterocycles. The molecule has 4 heteroatoms. The molecule has 0 spiro atoms. The Hall–Kier alpha value is -0.100. The van der Waals surface area contributed by atoms with E-state index in [4.69, 9.17) is 11.6 Å². The van der Waals surface area contributed by atoms with Crippen molar-refractivity contribution in [3.8, 4) is 0 Å². The lowest BCUT2D eigenvalue weighted by Gasteiger charge is -2.16. The van der Waals surface area contributed by atoms with Crippen molar-refractivity contribution in [2.45, 2.75) is 20.0 Å². The van der Waals surface area contributed by atoms with Gasteiger partial charge in [-0.2, -0.15) is 0 Å². The fourth-order valence-electron chi connectivity index (χ4n) is 1.96. The molecule has 2 rings (SSSR count). The number of aliphatic hydroxyl groups excluding tert-OH is 1. The maximum Gasteiger partial charge on any atom is 0.104 e. The Kier molecular flexibility index (Phi) is 4.93. The normalized spacial score (nSPS) is 12.5. The third-order valence-electron chi connectivity index (χ3n) is 3.10. The largest absolute Gasteiger partial charge is 0.384 e. The molecule has 1 unspecified atom stereocenters. The minimum Gasteiger partial charge on any atom is -0.384 e. The highest BCUT2D eigenvalue weighted by Crippen LogP contribution is 2.31. The fourth-order valence-corrected chi connectivity index (χ4v) is 2.94. The van der Waals surface area contributed by atoms with E-state index in [-0.39, 0.29) is 0 Å². The van der Waals surface area contributed by atoms with Crippen molar-refractivity contribution in [1.29, 1.82) is 0 Å². The van der Waals surface area contributed by atoms with Gasteiger partial charge in [0.25, 0.3) is 0 Å². The van der Waals surface area contributed by atoms with Crippen LogP contribution in [0.1, 0.15) is 28.4 Å². The van der Waals surface area contributed by atoms with Crippen LogP contribution in [0, 0.1) is 17.4 Å². The van der Waals surface area contributed by atoms with Crippen molar-refractivity contribution < 1.29 is 5.11 Å². The number of aliphatic hydroxyl groups is 1. The predicted molar refractivity (Wildman–Crippen MR) is 91.8 cm³/mol. The summed E-state index contributed by atoms with van der Waals surface area (Å²) in [7, 11) is 0. The first kappa shape index (κ1) is 15.3. The molecule has 1 N–H and O–H groups in total. The van der Waals surface area contributed by atoms with Gasteiger partial charge in [0.2, 0.25) is 0 Å². The SMILES string of the molecule is Cc1cc(C(O)c2ccc(I)c(Cl)c2)c(C)cc1Br. The van der Waals surface area contributed by atoms with Crippen LogP contribution in [0.3, 0.4) is 0 Å². The molecule has 0 fully saturated rings. The molecule has 0 saturated carbocycles. The van der Waals surface area contributed by atoms with E-state index in [1.807, 2.05) is 44.2 Å².